The van der Waals surface area contributed by atoms with Crippen LogP contribution in [0.25, 0.3) is 16.6 Å². The van der Waals surface area contributed by atoms with Crippen LogP contribution in [0, 0.1) is 0 Å². The van der Waals surface area contributed by atoms with Crippen molar-refractivity contribution in [3.8, 4) is 11.1 Å². The number of primary amides is 1. The van der Waals surface area contributed by atoms with Gasteiger partial charge in [0.2, 0.25) is 0 Å². The number of fused-ring (bicyclic) bond motifs is 1. The molecule has 1 aromatic carbocycles. The maximum atomic E-state index is 14.4. The molecule has 0 aliphatic heterocycles. The van der Waals surface area contributed by atoms with E-state index in [1.807, 2.05) is 24.4 Å². The molecule has 0 bridgehead atoms. The zero-order valence-corrected chi connectivity index (χ0v) is 17.8. The first kappa shape index (κ1) is 20.8. The van der Waals surface area contributed by atoms with Crippen LogP contribution in [0.5, 0.6) is 0 Å². The highest BCUT2D eigenvalue weighted by Crippen LogP contribution is 2.30. The number of nitrogens with one attached hydrogen (secondary N) is 2. The van der Waals surface area contributed by atoms with Crippen LogP contribution in [0.15, 0.2) is 42.7 Å². The summed E-state index contributed by atoms with van der Waals surface area (Å²) in [6.45, 7) is 4.64. The molecule has 2 amide bonds. The quantitative estimate of drug-likeness (QED) is 0.541. The highest BCUT2D eigenvalue weighted by molar-refractivity contribution is 6.02. The third-order valence-electron chi connectivity index (χ3n) is 5.69. The normalized spacial score (nSPS) is 15.0. The van der Waals surface area contributed by atoms with Crippen LogP contribution in [0.3, 0.4) is 0 Å². The minimum absolute atomic E-state index is 0.0711. The minimum atomic E-state index is -1.51. The molecule has 8 heteroatoms. The lowest BCUT2D eigenvalue weighted by Crippen LogP contribution is -2.36. The Bertz CT molecular complexity index is 1140. The van der Waals surface area contributed by atoms with Crippen LogP contribution >= 0.6 is 0 Å². The number of anilines is 1. The molecule has 7 nitrogen and oxygen atoms in total. The van der Waals surface area contributed by atoms with Crippen molar-refractivity contribution < 1.29 is 14.0 Å². The number of benzene rings is 1. The Morgan fingerprint density at radius 3 is 2.48 bits per heavy atom. The van der Waals surface area contributed by atoms with Crippen LogP contribution < -0.4 is 16.4 Å². The number of amides is 2. The Morgan fingerprint density at radius 1 is 1.23 bits per heavy atom. The summed E-state index contributed by atoms with van der Waals surface area (Å²) in [4.78, 5) is 24.2. The van der Waals surface area contributed by atoms with Gasteiger partial charge in [-0.1, -0.05) is 12.1 Å². The Balaban J connectivity index is 1.69. The molecule has 3 aromatic rings. The monoisotopic (exact) mass is 423 g/mol. The fourth-order valence-electron chi connectivity index (χ4n) is 3.25. The summed E-state index contributed by atoms with van der Waals surface area (Å²) in [6, 6.07) is 8.89. The maximum Gasteiger partial charge on any atom is 0.252 e. The van der Waals surface area contributed by atoms with Crippen molar-refractivity contribution in [3.63, 3.8) is 0 Å². The smallest absolute Gasteiger partial charge is 0.252 e. The minimum Gasteiger partial charge on any atom is -0.377 e. The number of halogens is 1. The maximum absolute atomic E-state index is 14.4. The lowest BCUT2D eigenvalue weighted by Gasteiger charge is -2.26. The molecular weight excluding hydrogens is 397 g/mol. The summed E-state index contributed by atoms with van der Waals surface area (Å²) in [5.41, 5.74) is 7.60. The zero-order valence-electron chi connectivity index (χ0n) is 17.8. The number of nitrogens with two attached hydrogens (primary N) is 1. The van der Waals surface area contributed by atoms with Crippen molar-refractivity contribution >= 4 is 23.0 Å². The highest BCUT2D eigenvalue weighted by atomic mass is 19.1. The van der Waals surface area contributed by atoms with Crippen molar-refractivity contribution in [2.75, 3.05) is 5.32 Å². The zero-order chi connectivity index (χ0) is 22.3. The van der Waals surface area contributed by atoms with Gasteiger partial charge in [0.25, 0.3) is 11.8 Å². The van der Waals surface area contributed by atoms with Gasteiger partial charge in [0.1, 0.15) is 5.67 Å². The molecule has 0 radical (unpaired) electrons. The van der Waals surface area contributed by atoms with Crippen LogP contribution in [0.2, 0.25) is 0 Å². The second-order valence-electron chi connectivity index (χ2n) is 8.61. The summed E-state index contributed by atoms with van der Waals surface area (Å²) in [7, 11) is 0. The summed E-state index contributed by atoms with van der Waals surface area (Å²) >= 11 is 0. The van der Waals surface area contributed by atoms with Crippen molar-refractivity contribution in [1.82, 2.24) is 14.9 Å². The number of hydrogen-bond acceptors (Lipinski definition) is 4. The summed E-state index contributed by atoms with van der Waals surface area (Å²) < 4.78 is 16.0. The molecule has 1 saturated carbocycles. The molecule has 0 spiro atoms. The number of hydrogen-bond donors (Lipinski definition) is 3. The van der Waals surface area contributed by atoms with E-state index in [4.69, 9.17) is 5.73 Å². The fourth-order valence-corrected chi connectivity index (χ4v) is 3.25. The van der Waals surface area contributed by atoms with E-state index in [0.29, 0.717) is 22.8 Å². The van der Waals surface area contributed by atoms with Crippen LogP contribution in [-0.2, 0) is 0 Å². The third kappa shape index (κ3) is 4.38. The van der Waals surface area contributed by atoms with Crippen LogP contribution in [0.4, 0.5) is 10.1 Å². The number of rotatable bonds is 7. The molecule has 1 aliphatic rings. The predicted octanol–water partition coefficient (Wildman–Crippen LogP) is 3.54. The number of carbonyl (C=O) groups excluding carboxylic acids is 2. The van der Waals surface area contributed by atoms with Crippen molar-refractivity contribution in [1.29, 1.82) is 0 Å². The second kappa shape index (κ2) is 7.68. The fraction of sp³-hybridized carbons (Fsp3) is 0.348. The number of aromatic nitrogens is 2. The van der Waals surface area contributed by atoms with Crippen LogP contribution in [-0.4, -0.2) is 39.2 Å². The number of alkyl halides is 1. The standard InChI is InChI=1S/C23H26FN5O2/c1-13(23(2,3)24)27-20-18(21(25)30)11-26-29-12-16(10-19(20)29)14-4-6-15(7-5-14)22(31)28-17-8-9-17/h4-7,10-13,17,27H,8-9H2,1-3H3,(H2,25,30)(H,28,31). The molecule has 2 aromatic heterocycles. The average molecular weight is 423 g/mol. The first-order valence-corrected chi connectivity index (χ1v) is 10.3. The van der Waals surface area contributed by atoms with E-state index in [1.54, 1.807) is 23.6 Å². The van der Waals surface area contributed by atoms with E-state index < -0.39 is 17.6 Å². The van der Waals surface area contributed by atoms with Gasteiger partial charge >= 0.3 is 0 Å². The average Bonchev–Trinajstić information content (AvgIpc) is 3.41. The van der Waals surface area contributed by atoms with Gasteiger partial charge in [-0.2, -0.15) is 5.10 Å². The highest BCUT2D eigenvalue weighted by Gasteiger charge is 2.27. The Hall–Kier alpha value is -3.42. The molecule has 0 saturated heterocycles. The van der Waals surface area contributed by atoms with Crippen LogP contribution in [0.1, 0.15) is 54.3 Å². The van der Waals surface area contributed by atoms with E-state index >= 15 is 0 Å². The molecule has 1 fully saturated rings. The molecule has 4 rings (SSSR count). The molecule has 2 heterocycles. The van der Waals surface area contributed by atoms with Crippen molar-refractivity contribution in [2.24, 2.45) is 5.73 Å². The molecule has 1 atom stereocenters. The van der Waals surface area contributed by atoms with Gasteiger partial charge in [-0.25, -0.2) is 8.91 Å². The third-order valence-corrected chi connectivity index (χ3v) is 5.69. The van der Waals surface area contributed by atoms with Crippen molar-refractivity contribution in [2.45, 2.75) is 51.4 Å². The molecule has 1 unspecified atom stereocenters. The van der Waals surface area contributed by atoms with E-state index in [9.17, 15) is 14.0 Å². The second-order valence-corrected chi connectivity index (χ2v) is 8.61. The Morgan fingerprint density at radius 2 is 1.90 bits per heavy atom. The van der Waals surface area contributed by atoms with Crippen molar-refractivity contribution in [3.05, 3.63) is 53.9 Å². The summed E-state index contributed by atoms with van der Waals surface area (Å²) in [5.74, 6) is -0.715. The first-order chi connectivity index (χ1) is 14.6. The number of carbonyl (C=O) groups is 2. The van der Waals surface area contributed by atoms with E-state index in [2.05, 4.69) is 15.7 Å². The van der Waals surface area contributed by atoms with Gasteiger partial charge in [0.15, 0.2) is 0 Å². The van der Waals surface area contributed by atoms with Gasteiger partial charge in [-0.3, -0.25) is 9.59 Å². The number of nitrogens with zero attached hydrogens (tertiary/aromatic N) is 2. The Kier molecular flexibility index (Phi) is 5.16. The lowest BCUT2D eigenvalue weighted by atomic mass is 10.0. The molecule has 162 valence electrons. The van der Waals surface area contributed by atoms with Gasteiger partial charge < -0.3 is 16.4 Å². The Labute approximate surface area is 179 Å². The molecular formula is C23H26FN5O2. The molecule has 1 aliphatic carbocycles. The SMILES string of the molecule is CC(Nc1c(C(N)=O)cnn2cc(-c3ccc(C(=O)NC4CC4)cc3)cc12)C(C)(C)F. The molecule has 31 heavy (non-hydrogen) atoms. The van der Waals surface area contributed by atoms with E-state index in [0.717, 1.165) is 24.0 Å². The summed E-state index contributed by atoms with van der Waals surface area (Å²) in [6.07, 6.45) is 5.27. The van der Waals surface area contributed by atoms with E-state index in [-0.39, 0.29) is 11.5 Å². The molecule has 4 N–H and O–H groups in total. The van der Waals surface area contributed by atoms with E-state index in [1.165, 1.54) is 20.0 Å². The largest absolute Gasteiger partial charge is 0.377 e. The lowest BCUT2D eigenvalue weighted by molar-refractivity contribution is 0.0949. The first-order valence-electron chi connectivity index (χ1n) is 10.3. The topological polar surface area (TPSA) is 102 Å². The van der Waals surface area contributed by atoms with Gasteiger partial charge in [0.05, 0.1) is 29.0 Å². The van der Waals surface area contributed by atoms with Gasteiger partial charge in [0, 0.05) is 23.4 Å². The van der Waals surface area contributed by atoms with Gasteiger partial charge in [-0.05, 0) is 57.4 Å². The predicted molar refractivity (Wildman–Crippen MR) is 118 cm³/mol. The summed E-state index contributed by atoms with van der Waals surface area (Å²) in [5, 5.41) is 10.3. The van der Waals surface area contributed by atoms with Gasteiger partial charge in [-0.15, -0.1) is 0 Å².